The Labute approximate surface area is 108 Å². The van der Waals surface area contributed by atoms with Gasteiger partial charge in [-0.2, -0.15) is 0 Å². The summed E-state index contributed by atoms with van der Waals surface area (Å²) in [4.78, 5) is 11.6. The van der Waals surface area contributed by atoms with E-state index >= 15 is 0 Å². The average Bonchev–Trinajstić information content (AvgIpc) is 2.25. The molecule has 0 radical (unpaired) electrons. The fourth-order valence-corrected chi connectivity index (χ4v) is 3.55. The summed E-state index contributed by atoms with van der Waals surface area (Å²) in [5.41, 5.74) is 7.01. The number of carbonyl (C=O) groups excluding carboxylic acids is 1. The number of fused-ring (bicyclic) bond motifs is 1. The first-order valence-electron chi connectivity index (χ1n) is 6.27. The Hall–Kier alpha value is -0.820. The quantitative estimate of drug-likeness (QED) is 0.674. The molecule has 1 unspecified atom stereocenters. The van der Waals surface area contributed by atoms with Gasteiger partial charge in [-0.25, -0.2) is 0 Å². The van der Waals surface area contributed by atoms with E-state index in [-0.39, 0.29) is 5.24 Å². The van der Waals surface area contributed by atoms with E-state index in [4.69, 9.17) is 11.6 Å². The summed E-state index contributed by atoms with van der Waals surface area (Å²) >= 11 is 5.73. The molecular formula is C15H19ClO. The van der Waals surface area contributed by atoms with Crippen LogP contribution in [0, 0.1) is 20.8 Å². The summed E-state index contributed by atoms with van der Waals surface area (Å²) in [5.74, 6) is 0.607. The first-order valence-corrected chi connectivity index (χ1v) is 6.65. The lowest BCUT2D eigenvalue weighted by Gasteiger charge is -2.29. The minimum Gasteiger partial charge on any atom is -0.276 e. The van der Waals surface area contributed by atoms with Crippen LogP contribution in [0.15, 0.2) is 0 Å². The van der Waals surface area contributed by atoms with Crippen LogP contribution in [0.3, 0.4) is 0 Å². The van der Waals surface area contributed by atoms with Gasteiger partial charge in [0, 0.05) is 5.56 Å². The maximum atomic E-state index is 11.6. The second kappa shape index (κ2) is 4.45. The van der Waals surface area contributed by atoms with Crippen LogP contribution in [0.1, 0.15) is 63.9 Å². The van der Waals surface area contributed by atoms with Gasteiger partial charge in [0.05, 0.1) is 0 Å². The molecule has 0 fully saturated rings. The molecule has 1 nitrogen and oxygen atoms in total. The summed E-state index contributed by atoms with van der Waals surface area (Å²) in [6, 6.07) is 0. The van der Waals surface area contributed by atoms with Gasteiger partial charge in [0.25, 0.3) is 5.24 Å². The summed E-state index contributed by atoms with van der Waals surface area (Å²) in [7, 11) is 0. The molecule has 1 aliphatic carbocycles. The van der Waals surface area contributed by atoms with Crippen molar-refractivity contribution in [2.45, 2.75) is 52.9 Å². The Kier molecular flexibility index (Phi) is 3.31. The molecule has 0 bridgehead atoms. The molecule has 0 heterocycles. The zero-order valence-electron chi connectivity index (χ0n) is 11.0. The highest BCUT2D eigenvalue weighted by atomic mass is 35.5. The number of rotatable bonds is 1. The van der Waals surface area contributed by atoms with Crippen molar-refractivity contribution in [1.29, 1.82) is 0 Å². The summed E-state index contributed by atoms with van der Waals surface area (Å²) in [6.07, 6.45) is 3.55. The third kappa shape index (κ3) is 1.91. The Morgan fingerprint density at radius 2 is 1.82 bits per heavy atom. The van der Waals surface area contributed by atoms with Crippen molar-refractivity contribution in [2.24, 2.45) is 0 Å². The number of carbonyl (C=O) groups is 1. The van der Waals surface area contributed by atoms with Crippen molar-refractivity contribution < 1.29 is 4.79 Å². The third-order valence-electron chi connectivity index (χ3n) is 4.25. The lowest BCUT2D eigenvalue weighted by Crippen LogP contribution is -2.15. The predicted octanol–water partition coefficient (Wildman–Crippen LogP) is 4.43. The van der Waals surface area contributed by atoms with Crippen molar-refractivity contribution in [1.82, 2.24) is 0 Å². The summed E-state index contributed by atoms with van der Waals surface area (Å²) < 4.78 is 0. The van der Waals surface area contributed by atoms with Crippen molar-refractivity contribution >= 4 is 16.8 Å². The Morgan fingerprint density at radius 3 is 2.41 bits per heavy atom. The Balaban J connectivity index is 2.79. The number of benzene rings is 1. The number of halogens is 1. The van der Waals surface area contributed by atoms with Gasteiger partial charge in [-0.3, -0.25) is 4.79 Å². The van der Waals surface area contributed by atoms with E-state index < -0.39 is 0 Å². The SMILES string of the molecule is Cc1c(C)c2c(c(C)c1C(=O)Cl)CCCC2C. The molecule has 2 heteroatoms. The van der Waals surface area contributed by atoms with Crippen molar-refractivity contribution in [3.05, 3.63) is 33.4 Å². The molecule has 0 aliphatic heterocycles. The van der Waals surface area contributed by atoms with Gasteiger partial charge in [-0.1, -0.05) is 6.92 Å². The molecule has 1 atom stereocenters. The van der Waals surface area contributed by atoms with Crippen LogP contribution in [0.5, 0.6) is 0 Å². The van der Waals surface area contributed by atoms with Gasteiger partial charge in [0.2, 0.25) is 0 Å². The molecule has 0 saturated heterocycles. The number of hydrogen-bond acceptors (Lipinski definition) is 1. The summed E-state index contributed by atoms with van der Waals surface area (Å²) in [6.45, 7) is 8.46. The smallest absolute Gasteiger partial charge is 0.252 e. The second-order valence-corrected chi connectivity index (χ2v) is 5.55. The standard InChI is InChI=1S/C15H19ClO/c1-8-6-5-7-12-11(4)14(15(16)17)10(3)9(2)13(8)12/h8H,5-7H2,1-4H3. The van der Waals surface area contributed by atoms with Gasteiger partial charge >= 0.3 is 0 Å². The molecule has 0 saturated carbocycles. The molecule has 1 aromatic rings. The minimum absolute atomic E-state index is 0.316. The van der Waals surface area contributed by atoms with E-state index in [0.29, 0.717) is 5.92 Å². The van der Waals surface area contributed by atoms with Crippen LogP contribution < -0.4 is 0 Å². The van der Waals surface area contributed by atoms with Crippen LogP contribution in [0.25, 0.3) is 0 Å². The lowest BCUT2D eigenvalue weighted by molar-refractivity contribution is 0.108. The number of hydrogen-bond donors (Lipinski definition) is 0. The van der Waals surface area contributed by atoms with E-state index in [1.54, 1.807) is 0 Å². The molecular weight excluding hydrogens is 232 g/mol. The largest absolute Gasteiger partial charge is 0.276 e. The van der Waals surface area contributed by atoms with E-state index in [0.717, 1.165) is 23.1 Å². The highest BCUT2D eigenvalue weighted by Gasteiger charge is 2.25. The van der Waals surface area contributed by atoms with Gasteiger partial charge in [-0.05, 0) is 85.4 Å². The van der Waals surface area contributed by atoms with Crippen LogP contribution in [-0.2, 0) is 6.42 Å². The molecule has 2 rings (SSSR count). The molecule has 0 spiro atoms. The fraction of sp³-hybridized carbons (Fsp3) is 0.533. The van der Waals surface area contributed by atoms with Crippen LogP contribution in [-0.4, -0.2) is 5.24 Å². The van der Waals surface area contributed by atoms with Crippen molar-refractivity contribution in [2.75, 3.05) is 0 Å². The molecule has 17 heavy (non-hydrogen) atoms. The second-order valence-electron chi connectivity index (χ2n) is 5.21. The summed E-state index contributed by atoms with van der Waals surface area (Å²) in [5, 5.41) is -0.316. The highest BCUT2D eigenvalue weighted by Crippen LogP contribution is 2.39. The first-order chi connectivity index (χ1) is 7.95. The lowest BCUT2D eigenvalue weighted by atomic mass is 9.76. The molecule has 1 aromatic carbocycles. The van der Waals surface area contributed by atoms with Crippen molar-refractivity contribution in [3.63, 3.8) is 0 Å². The topological polar surface area (TPSA) is 17.1 Å². The van der Waals surface area contributed by atoms with E-state index in [9.17, 15) is 4.79 Å². The maximum absolute atomic E-state index is 11.6. The fourth-order valence-electron chi connectivity index (χ4n) is 3.26. The van der Waals surface area contributed by atoms with E-state index in [1.807, 2.05) is 13.8 Å². The van der Waals surface area contributed by atoms with Crippen LogP contribution in [0.2, 0.25) is 0 Å². The minimum atomic E-state index is -0.316. The first kappa shape index (κ1) is 12.6. The van der Waals surface area contributed by atoms with Crippen molar-refractivity contribution in [3.8, 4) is 0 Å². The predicted molar refractivity (Wildman–Crippen MR) is 72.2 cm³/mol. The van der Waals surface area contributed by atoms with Gasteiger partial charge in [0.15, 0.2) is 0 Å². The third-order valence-corrected chi connectivity index (χ3v) is 4.44. The Bertz CT molecular complexity index is 488. The zero-order chi connectivity index (χ0) is 12.7. The molecule has 92 valence electrons. The monoisotopic (exact) mass is 250 g/mol. The average molecular weight is 251 g/mol. The van der Waals surface area contributed by atoms with Gasteiger partial charge < -0.3 is 0 Å². The molecule has 1 aliphatic rings. The maximum Gasteiger partial charge on any atom is 0.252 e. The Morgan fingerprint density at radius 1 is 1.18 bits per heavy atom. The van der Waals surface area contributed by atoms with Gasteiger partial charge in [0.1, 0.15) is 0 Å². The normalized spacial score (nSPS) is 19.0. The molecule has 0 aromatic heterocycles. The highest BCUT2D eigenvalue weighted by molar-refractivity contribution is 6.68. The molecule has 0 amide bonds. The molecule has 0 N–H and O–H groups in total. The van der Waals surface area contributed by atoms with Gasteiger partial charge in [-0.15, -0.1) is 0 Å². The van der Waals surface area contributed by atoms with E-state index in [2.05, 4.69) is 13.8 Å². The van der Waals surface area contributed by atoms with Crippen LogP contribution in [0.4, 0.5) is 0 Å². The zero-order valence-corrected chi connectivity index (χ0v) is 11.7. The van der Waals surface area contributed by atoms with Crippen LogP contribution >= 0.6 is 11.6 Å². The van der Waals surface area contributed by atoms with E-state index in [1.165, 1.54) is 29.5 Å².